The molecule has 0 heterocycles. The molecule has 0 aliphatic heterocycles. The molecule has 0 radical (unpaired) electrons. The van der Waals surface area contributed by atoms with E-state index in [1.165, 1.54) is 12.1 Å². The van der Waals surface area contributed by atoms with Crippen molar-refractivity contribution in [2.75, 3.05) is 0 Å². The van der Waals surface area contributed by atoms with Crippen LogP contribution in [0.4, 0.5) is 4.39 Å². The Hall–Kier alpha value is -2.19. The molecule has 116 valence electrons. The smallest absolute Gasteiger partial charge is 0.224 e. The number of nitrogens with zero attached hydrogens (tertiary/aromatic N) is 1. The molecule has 0 spiro atoms. The zero-order valence-corrected chi connectivity index (χ0v) is 13.8. The van der Waals surface area contributed by atoms with E-state index in [2.05, 4.69) is 21.2 Å². The summed E-state index contributed by atoms with van der Waals surface area (Å²) in [7, 11) is 0. The van der Waals surface area contributed by atoms with Crippen molar-refractivity contribution in [2.24, 2.45) is 5.92 Å². The van der Waals surface area contributed by atoms with Crippen molar-refractivity contribution in [1.29, 1.82) is 5.26 Å². The molecule has 1 saturated carbocycles. The van der Waals surface area contributed by atoms with Gasteiger partial charge in [-0.15, -0.1) is 0 Å². The minimum Gasteiger partial charge on any atom is -0.352 e. The van der Waals surface area contributed by atoms with Crippen LogP contribution in [-0.2, 0) is 11.3 Å². The van der Waals surface area contributed by atoms with Gasteiger partial charge in [-0.3, -0.25) is 4.79 Å². The summed E-state index contributed by atoms with van der Waals surface area (Å²) in [5.41, 5.74) is 1.80. The summed E-state index contributed by atoms with van der Waals surface area (Å²) < 4.78 is 14.8. The van der Waals surface area contributed by atoms with Gasteiger partial charge < -0.3 is 5.32 Å². The highest BCUT2D eigenvalue weighted by atomic mass is 79.9. The Morgan fingerprint density at radius 3 is 2.87 bits per heavy atom. The van der Waals surface area contributed by atoms with Crippen molar-refractivity contribution in [3.63, 3.8) is 0 Å². The maximum atomic E-state index is 13.8. The highest BCUT2D eigenvalue weighted by Gasteiger charge is 2.43. The summed E-state index contributed by atoms with van der Waals surface area (Å²) in [5.74, 6) is -0.341. The first-order valence-electron chi connectivity index (χ1n) is 7.30. The quantitative estimate of drug-likeness (QED) is 0.885. The molecule has 1 aliphatic rings. The van der Waals surface area contributed by atoms with Gasteiger partial charge in [0, 0.05) is 22.5 Å². The molecule has 0 aromatic heterocycles. The Labute approximate surface area is 142 Å². The summed E-state index contributed by atoms with van der Waals surface area (Å²) >= 11 is 3.43. The number of carbonyl (C=O) groups is 1. The van der Waals surface area contributed by atoms with E-state index in [1.807, 2.05) is 30.3 Å². The molecule has 1 aliphatic carbocycles. The van der Waals surface area contributed by atoms with Crippen LogP contribution in [0.25, 0.3) is 0 Å². The molecule has 1 amide bonds. The van der Waals surface area contributed by atoms with Crippen LogP contribution in [0.5, 0.6) is 0 Å². The molecule has 2 aromatic rings. The predicted octanol–water partition coefficient (Wildman–Crippen LogP) is 3.88. The Morgan fingerprint density at radius 1 is 1.35 bits per heavy atom. The lowest BCUT2D eigenvalue weighted by Gasteiger charge is -2.07. The van der Waals surface area contributed by atoms with Crippen LogP contribution in [0.15, 0.2) is 46.9 Å². The topological polar surface area (TPSA) is 52.9 Å². The highest BCUT2D eigenvalue weighted by molar-refractivity contribution is 9.10. The first kappa shape index (κ1) is 15.7. The van der Waals surface area contributed by atoms with Crippen LogP contribution < -0.4 is 5.32 Å². The van der Waals surface area contributed by atoms with E-state index >= 15 is 0 Å². The summed E-state index contributed by atoms with van der Waals surface area (Å²) in [6.07, 6.45) is 0.818. The first-order valence-corrected chi connectivity index (χ1v) is 8.09. The molecule has 0 bridgehead atoms. The second-order valence-electron chi connectivity index (χ2n) is 5.64. The summed E-state index contributed by atoms with van der Waals surface area (Å²) in [4.78, 5) is 12.2. The van der Waals surface area contributed by atoms with Gasteiger partial charge in [0.1, 0.15) is 5.82 Å². The van der Waals surface area contributed by atoms with Crippen LogP contribution in [0.3, 0.4) is 0 Å². The highest BCUT2D eigenvalue weighted by Crippen LogP contribution is 2.47. The number of hydrogen-bond acceptors (Lipinski definition) is 2. The van der Waals surface area contributed by atoms with Crippen LogP contribution in [0.2, 0.25) is 0 Å². The number of nitriles is 1. The molecule has 1 fully saturated rings. The van der Waals surface area contributed by atoms with Crippen molar-refractivity contribution in [1.82, 2.24) is 5.32 Å². The van der Waals surface area contributed by atoms with Crippen molar-refractivity contribution >= 4 is 21.8 Å². The van der Waals surface area contributed by atoms with Crippen molar-refractivity contribution < 1.29 is 9.18 Å². The molecule has 0 unspecified atom stereocenters. The monoisotopic (exact) mass is 372 g/mol. The van der Waals surface area contributed by atoms with Crippen LogP contribution in [-0.4, -0.2) is 5.91 Å². The van der Waals surface area contributed by atoms with Crippen molar-refractivity contribution in [3.05, 3.63) is 69.4 Å². The number of hydrogen-bond donors (Lipinski definition) is 1. The summed E-state index contributed by atoms with van der Waals surface area (Å²) in [6, 6.07) is 14.1. The predicted molar refractivity (Wildman–Crippen MR) is 88.0 cm³/mol. The van der Waals surface area contributed by atoms with E-state index < -0.39 is 5.82 Å². The van der Waals surface area contributed by atoms with Gasteiger partial charge in [0.25, 0.3) is 0 Å². The number of rotatable bonds is 4. The van der Waals surface area contributed by atoms with Gasteiger partial charge in [-0.05, 0) is 42.2 Å². The standard InChI is InChI=1S/C18H14BrFN2O/c19-14-3-1-2-12(7-14)15-8-16(15)18(23)22-10-13-5-4-11(9-21)6-17(13)20/h1-7,15-16H,8,10H2,(H,22,23)/t15-,16+/m1/s1. The zero-order chi connectivity index (χ0) is 16.4. The molecular formula is C18H14BrFN2O. The summed E-state index contributed by atoms with van der Waals surface area (Å²) in [6.45, 7) is 0.137. The van der Waals surface area contributed by atoms with E-state index in [4.69, 9.17) is 5.26 Å². The fourth-order valence-electron chi connectivity index (χ4n) is 2.66. The largest absolute Gasteiger partial charge is 0.352 e. The number of benzene rings is 2. The number of nitrogens with one attached hydrogen (secondary N) is 1. The van der Waals surface area contributed by atoms with Gasteiger partial charge in [0.15, 0.2) is 0 Å². The molecule has 5 heteroatoms. The molecular weight excluding hydrogens is 359 g/mol. The van der Waals surface area contributed by atoms with Crippen molar-refractivity contribution in [3.8, 4) is 6.07 Å². The van der Waals surface area contributed by atoms with E-state index in [0.717, 1.165) is 16.5 Å². The molecule has 2 aromatic carbocycles. The fourth-order valence-corrected chi connectivity index (χ4v) is 3.08. The Morgan fingerprint density at radius 2 is 2.17 bits per heavy atom. The lowest BCUT2D eigenvalue weighted by atomic mass is 10.1. The second kappa shape index (κ2) is 6.51. The average molecular weight is 373 g/mol. The molecule has 23 heavy (non-hydrogen) atoms. The first-order chi connectivity index (χ1) is 11.1. The van der Waals surface area contributed by atoms with Gasteiger partial charge >= 0.3 is 0 Å². The molecule has 0 saturated heterocycles. The van der Waals surface area contributed by atoms with Crippen LogP contribution in [0, 0.1) is 23.1 Å². The van der Waals surface area contributed by atoms with E-state index in [0.29, 0.717) is 5.56 Å². The average Bonchev–Trinajstić information content (AvgIpc) is 3.34. The van der Waals surface area contributed by atoms with Gasteiger partial charge in [-0.1, -0.05) is 34.1 Å². The number of amides is 1. The molecule has 1 N–H and O–H groups in total. The van der Waals surface area contributed by atoms with Gasteiger partial charge in [0.05, 0.1) is 11.6 Å². The fraction of sp³-hybridized carbons (Fsp3) is 0.222. The zero-order valence-electron chi connectivity index (χ0n) is 12.2. The van der Waals surface area contributed by atoms with Crippen LogP contribution >= 0.6 is 15.9 Å². The lowest BCUT2D eigenvalue weighted by molar-refractivity contribution is -0.122. The Bertz CT molecular complexity index is 800. The molecule has 3 rings (SSSR count). The van der Waals surface area contributed by atoms with E-state index in [1.54, 1.807) is 6.07 Å². The lowest BCUT2D eigenvalue weighted by Crippen LogP contribution is -2.25. The van der Waals surface area contributed by atoms with E-state index in [-0.39, 0.29) is 29.9 Å². The third kappa shape index (κ3) is 3.59. The Balaban J connectivity index is 1.58. The third-order valence-electron chi connectivity index (χ3n) is 4.04. The minimum absolute atomic E-state index is 0.0502. The SMILES string of the molecule is N#Cc1ccc(CNC(=O)[C@H]2C[C@@H]2c2cccc(Br)c2)c(F)c1. The Kier molecular flexibility index (Phi) is 4.44. The van der Waals surface area contributed by atoms with E-state index in [9.17, 15) is 9.18 Å². The molecule has 3 nitrogen and oxygen atoms in total. The van der Waals surface area contributed by atoms with Gasteiger partial charge in [-0.25, -0.2) is 4.39 Å². The van der Waals surface area contributed by atoms with Crippen LogP contribution in [0.1, 0.15) is 29.0 Å². The number of halogens is 2. The summed E-state index contributed by atoms with van der Waals surface area (Å²) in [5, 5.41) is 11.5. The maximum absolute atomic E-state index is 13.8. The number of carbonyl (C=O) groups excluding carboxylic acids is 1. The molecule has 2 atom stereocenters. The maximum Gasteiger partial charge on any atom is 0.224 e. The van der Waals surface area contributed by atoms with Crippen molar-refractivity contribution in [2.45, 2.75) is 18.9 Å². The second-order valence-corrected chi connectivity index (χ2v) is 6.56. The normalized spacial score (nSPS) is 19.0. The van der Waals surface area contributed by atoms with Gasteiger partial charge in [0.2, 0.25) is 5.91 Å². The minimum atomic E-state index is -0.469. The third-order valence-corrected chi connectivity index (χ3v) is 4.53. The van der Waals surface area contributed by atoms with Gasteiger partial charge in [-0.2, -0.15) is 5.26 Å².